The second kappa shape index (κ2) is 12.1. The molecule has 0 atom stereocenters. The van der Waals surface area contributed by atoms with Gasteiger partial charge in [-0.1, -0.05) is 40.2 Å². The van der Waals surface area contributed by atoms with Crippen molar-refractivity contribution in [2.75, 3.05) is 6.61 Å². The van der Waals surface area contributed by atoms with Gasteiger partial charge < -0.3 is 9.84 Å². The Morgan fingerprint density at radius 2 is 1.58 bits per heavy atom. The summed E-state index contributed by atoms with van der Waals surface area (Å²) in [5.74, 6) is -6.47. The number of esters is 1. The predicted octanol–water partition coefficient (Wildman–Crippen LogP) is 6.90. The number of ether oxygens (including phenoxy) is 1. The van der Waals surface area contributed by atoms with E-state index >= 15 is 0 Å². The molecule has 0 unspecified atom stereocenters. The highest BCUT2D eigenvalue weighted by molar-refractivity contribution is 14.1. The van der Waals surface area contributed by atoms with E-state index < -0.39 is 24.0 Å². The van der Waals surface area contributed by atoms with Crippen LogP contribution in [0.25, 0.3) is 0 Å². The number of hydrogen-bond donors (Lipinski definition) is 1. The van der Waals surface area contributed by atoms with Crippen molar-refractivity contribution < 1.29 is 41.4 Å². The van der Waals surface area contributed by atoms with Gasteiger partial charge in [0.15, 0.2) is 0 Å². The molecule has 0 fully saturated rings. The molecule has 0 spiro atoms. The Bertz CT molecular complexity index is 917. The summed E-state index contributed by atoms with van der Waals surface area (Å²) in [7, 11) is 0. The third kappa shape index (κ3) is 9.76. The summed E-state index contributed by atoms with van der Waals surface area (Å²) in [5.41, 5.74) is 0.575. The zero-order valence-electron chi connectivity index (χ0n) is 15.5. The Balaban J connectivity index is 0.000000442. The van der Waals surface area contributed by atoms with Gasteiger partial charge in [0.2, 0.25) is 0 Å². The van der Waals surface area contributed by atoms with Crippen molar-refractivity contribution >= 4 is 50.5 Å². The van der Waals surface area contributed by atoms with Gasteiger partial charge in [-0.25, -0.2) is 9.59 Å². The summed E-state index contributed by atoms with van der Waals surface area (Å²) < 4.78 is 66.8. The lowest BCUT2D eigenvalue weighted by Crippen LogP contribution is -2.34. The third-order valence-corrected chi connectivity index (χ3v) is 4.71. The molecule has 0 aliphatic carbocycles. The molecular formula is C20H15BrF5IO4. The van der Waals surface area contributed by atoms with E-state index in [1.165, 1.54) is 34.7 Å². The van der Waals surface area contributed by atoms with E-state index in [9.17, 15) is 31.5 Å². The summed E-state index contributed by atoms with van der Waals surface area (Å²) in [6.07, 6.45) is -6.05. The van der Waals surface area contributed by atoms with Crippen LogP contribution in [0.2, 0.25) is 0 Å². The number of aromatic carboxylic acids is 1. The SMILES string of the molecule is O=C(O)c1ccccc1.O=C(OCCC(I)=CC(F)(F)C(F)(F)F)c1cccc(Br)c1. The number of halogens is 7. The molecule has 2 rings (SSSR count). The van der Waals surface area contributed by atoms with Gasteiger partial charge in [0.25, 0.3) is 0 Å². The minimum atomic E-state index is -5.64. The molecule has 0 aromatic heterocycles. The fourth-order valence-corrected chi connectivity index (χ4v) is 2.88. The van der Waals surface area contributed by atoms with Gasteiger partial charge in [-0.3, -0.25) is 0 Å². The molecule has 31 heavy (non-hydrogen) atoms. The normalized spacial score (nSPS) is 11.9. The van der Waals surface area contributed by atoms with Crippen molar-refractivity contribution in [2.45, 2.75) is 18.5 Å². The van der Waals surface area contributed by atoms with Crippen molar-refractivity contribution in [2.24, 2.45) is 0 Å². The first kappa shape index (κ1) is 27.0. The van der Waals surface area contributed by atoms with Crippen molar-refractivity contribution in [3.8, 4) is 0 Å². The number of carboxylic acids is 1. The minimum Gasteiger partial charge on any atom is -0.478 e. The van der Waals surface area contributed by atoms with Crippen molar-refractivity contribution in [3.05, 3.63) is 79.9 Å². The summed E-state index contributed by atoms with van der Waals surface area (Å²) in [4.78, 5) is 21.8. The molecule has 0 heterocycles. The first-order chi connectivity index (χ1) is 14.3. The third-order valence-electron chi connectivity index (χ3n) is 3.37. The molecule has 0 aliphatic rings. The molecule has 2 aromatic rings. The van der Waals surface area contributed by atoms with Gasteiger partial charge >= 0.3 is 24.0 Å². The Labute approximate surface area is 196 Å². The molecule has 168 valence electrons. The zero-order chi connectivity index (χ0) is 23.7. The Morgan fingerprint density at radius 1 is 1.00 bits per heavy atom. The van der Waals surface area contributed by atoms with E-state index in [0.29, 0.717) is 10.0 Å². The van der Waals surface area contributed by atoms with Gasteiger partial charge in [-0.15, -0.1) is 0 Å². The van der Waals surface area contributed by atoms with E-state index in [0.717, 1.165) is 0 Å². The summed E-state index contributed by atoms with van der Waals surface area (Å²) >= 11 is 4.52. The molecule has 0 radical (unpaired) electrons. The summed E-state index contributed by atoms with van der Waals surface area (Å²) in [5, 5.41) is 8.38. The highest BCUT2D eigenvalue weighted by Gasteiger charge is 2.55. The van der Waals surface area contributed by atoms with Crippen molar-refractivity contribution in [1.82, 2.24) is 0 Å². The summed E-state index contributed by atoms with van der Waals surface area (Å²) in [6.45, 7) is -0.298. The molecule has 0 amide bonds. The number of carbonyl (C=O) groups is 2. The first-order valence-corrected chi connectivity index (χ1v) is 10.2. The predicted molar refractivity (Wildman–Crippen MR) is 116 cm³/mol. The Kier molecular flexibility index (Phi) is 10.6. The van der Waals surface area contributed by atoms with Crippen LogP contribution in [0, 0.1) is 0 Å². The maximum atomic E-state index is 12.8. The topological polar surface area (TPSA) is 63.6 Å². The second-order valence-electron chi connectivity index (χ2n) is 5.78. The van der Waals surface area contributed by atoms with Crippen molar-refractivity contribution in [3.63, 3.8) is 0 Å². The van der Waals surface area contributed by atoms with Gasteiger partial charge in [-0.2, -0.15) is 22.0 Å². The van der Waals surface area contributed by atoms with Crippen LogP contribution in [0.15, 0.2) is 68.7 Å². The fourth-order valence-electron chi connectivity index (χ4n) is 1.87. The average Bonchev–Trinajstić information content (AvgIpc) is 2.67. The van der Waals surface area contributed by atoms with E-state index in [1.54, 1.807) is 42.5 Å². The van der Waals surface area contributed by atoms with Crippen LogP contribution in [-0.2, 0) is 4.74 Å². The monoisotopic (exact) mass is 620 g/mol. The van der Waals surface area contributed by atoms with Crippen LogP contribution in [0.1, 0.15) is 27.1 Å². The standard InChI is InChI=1S/C13H9BrF5IO2.C7H6O2/c14-9-3-1-2-8(6-9)11(21)22-5-4-10(20)7-12(15,16)13(17,18)19;8-7(9)6-4-2-1-3-5-6/h1-3,6-7H,4-5H2;1-5H,(H,8,9). The van der Waals surface area contributed by atoms with Gasteiger partial charge in [-0.05, 0) is 56.5 Å². The number of benzene rings is 2. The van der Waals surface area contributed by atoms with Crippen molar-refractivity contribution in [1.29, 1.82) is 0 Å². The lowest BCUT2D eigenvalue weighted by molar-refractivity contribution is -0.259. The molecule has 2 aromatic carbocycles. The van der Waals surface area contributed by atoms with Gasteiger partial charge in [0.1, 0.15) is 0 Å². The Hall–Kier alpha value is -2.02. The van der Waals surface area contributed by atoms with Crippen LogP contribution < -0.4 is 0 Å². The van der Waals surface area contributed by atoms with Gasteiger partial charge in [0.05, 0.1) is 17.7 Å². The Morgan fingerprint density at radius 3 is 2.06 bits per heavy atom. The van der Waals surface area contributed by atoms with Crippen LogP contribution in [0.4, 0.5) is 22.0 Å². The van der Waals surface area contributed by atoms with E-state index in [2.05, 4.69) is 15.9 Å². The number of rotatable bonds is 6. The summed E-state index contributed by atoms with van der Waals surface area (Å²) in [6, 6.07) is 14.6. The molecule has 0 saturated carbocycles. The van der Waals surface area contributed by atoms with Gasteiger partial charge in [0, 0.05) is 17.0 Å². The quantitative estimate of drug-likeness (QED) is 0.217. The maximum absolute atomic E-state index is 12.8. The second-order valence-corrected chi connectivity index (χ2v) is 8.08. The van der Waals surface area contributed by atoms with E-state index in [1.807, 2.05) is 0 Å². The first-order valence-electron chi connectivity index (χ1n) is 8.36. The number of carbonyl (C=O) groups excluding carboxylic acids is 1. The molecular weight excluding hydrogens is 606 g/mol. The maximum Gasteiger partial charge on any atom is 0.457 e. The lowest BCUT2D eigenvalue weighted by atomic mass is 10.2. The number of hydrogen-bond acceptors (Lipinski definition) is 3. The zero-order valence-corrected chi connectivity index (χ0v) is 19.2. The van der Waals surface area contributed by atoms with Crippen LogP contribution >= 0.6 is 38.5 Å². The van der Waals surface area contributed by atoms with E-state index in [-0.39, 0.29) is 28.2 Å². The van der Waals surface area contributed by atoms with E-state index in [4.69, 9.17) is 9.84 Å². The smallest absolute Gasteiger partial charge is 0.457 e. The largest absolute Gasteiger partial charge is 0.478 e. The minimum absolute atomic E-state index is 0.180. The highest BCUT2D eigenvalue weighted by Crippen LogP contribution is 2.38. The number of alkyl halides is 5. The van der Waals surface area contributed by atoms with Crippen LogP contribution in [0.5, 0.6) is 0 Å². The number of carboxylic acid groups (broad SMARTS) is 1. The molecule has 0 bridgehead atoms. The molecule has 0 aliphatic heterocycles. The van der Waals surface area contributed by atoms with Crippen LogP contribution in [-0.4, -0.2) is 35.8 Å². The number of allylic oxidation sites excluding steroid dienone is 1. The highest BCUT2D eigenvalue weighted by atomic mass is 127. The fraction of sp³-hybridized carbons (Fsp3) is 0.200. The lowest BCUT2D eigenvalue weighted by Gasteiger charge is -2.16. The molecule has 4 nitrogen and oxygen atoms in total. The average molecular weight is 621 g/mol. The molecule has 11 heteroatoms. The molecule has 1 N–H and O–H groups in total. The van der Waals surface area contributed by atoms with Crippen LogP contribution in [0.3, 0.4) is 0 Å². The molecule has 0 saturated heterocycles.